The minimum atomic E-state index is 0.624. The zero-order valence-corrected chi connectivity index (χ0v) is 11.6. The highest BCUT2D eigenvalue weighted by Gasteiger charge is 2.04. The maximum atomic E-state index is 6.11. The van der Waals surface area contributed by atoms with Crippen molar-refractivity contribution in [3.8, 4) is 0 Å². The van der Waals surface area contributed by atoms with E-state index in [4.69, 9.17) is 17.4 Å². The Bertz CT molecular complexity index is 546. The number of hydrogen-bond acceptors (Lipinski definition) is 4. The van der Waals surface area contributed by atoms with Crippen LogP contribution in [0, 0.1) is 6.92 Å². The second-order valence-corrected chi connectivity index (χ2v) is 5.33. The predicted octanol–water partition coefficient (Wildman–Crippen LogP) is 3.62. The number of rotatable bonds is 4. The molecule has 0 saturated carbocycles. The summed E-state index contributed by atoms with van der Waals surface area (Å²) >= 11 is 7.81. The number of nitrogens with one attached hydrogen (secondary N) is 1. The first-order chi connectivity index (χ1) is 8.69. The summed E-state index contributed by atoms with van der Waals surface area (Å²) in [4.78, 5) is 5.55. The van der Waals surface area contributed by atoms with Gasteiger partial charge in [0.15, 0.2) is 0 Å². The third-order valence-corrected chi connectivity index (χ3v) is 3.78. The van der Waals surface area contributed by atoms with E-state index >= 15 is 0 Å². The van der Waals surface area contributed by atoms with Crippen molar-refractivity contribution >= 4 is 29.2 Å². The summed E-state index contributed by atoms with van der Waals surface area (Å²) in [5, 5.41) is 0.661. The number of anilines is 1. The number of benzene rings is 1. The molecule has 2 rings (SSSR count). The lowest BCUT2D eigenvalue weighted by molar-refractivity contribution is 1.14. The Hall–Kier alpha value is -1.23. The van der Waals surface area contributed by atoms with E-state index in [1.807, 2.05) is 6.07 Å². The van der Waals surface area contributed by atoms with Crippen molar-refractivity contribution in [1.82, 2.24) is 4.98 Å². The first kappa shape index (κ1) is 13.2. The molecule has 0 bridgehead atoms. The van der Waals surface area contributed by atoms with E-state index in [2.05, 4.69) is 35.5 Å². The van der Waals surface area contributed by atoms with Crippen LogP contribution in [0.4, 0.5) is 5.82 Å². The zero-order valence-electron chi connectivity index (χ0n) is 9.98. The van der Waals surface area contributed by atoms with E-state index in [0.717, 1.165) is 11.4 Å². The van der Waals surface area contributed by atoms with Crippen molar-refractivity contribution in [2.45, 2.75) is 17.6 Å². The van der Waals surface area contributed by atoms with Gasteiger partial charge in [-0.15, -0.1) is 11.8 Å². The minimum absolute atomic E-state index is 0.624. The lowest BCUT2D eigenvalue weighted by Crippen LogP contribution is -2.09. The maximum absolute atomic E-state index is 6.11. The molecular formula is C13H14ClN3S. The topological polar surface area (TPSA) is 50.9 Å². The number of pyridine rings is 1. The molecule has 3 nitrogen and oxygen atoms in total. The van der Waals surface area contributed by atoms with Crippen LogP contribution in [0.25, 0.3) is 0 Å². The monoisotopic (exact) mass is 279 g/mol. The Morgan fingerprint density at radius 3 is 2.89 bits per heavy atom. The molecule has 3 N–H and O–H groups in total. The van der Waals surface area contributed by atoms with Crippen molar-refractivity contribution in [2.75, 3.05) is 5.43 Å². The molecule has 0 amide bonds. The van der Waals surface area contributed by atoms with Crippen LogP contribution < -0.4 is 11.3 Å². The van der Waals surface area contributed by atoms with Crippen molar-refractivity contribution in [1.29, 1.82) is 0 Å². The summed E-state index contributed by atoms with van der Waals surface area (Å²) in [7, 11) is 0. The number of nitrogen functional groups attached to an aromatic ring is 1. The van der Waals surface area contributed by atoms with Crippen LogP contribution in [0.3, 0.4) is 0 Å². The number of hydrogen-bond donors (Lipinski definition) is 2. The van der Waals surface area contributed by atoms with Gasteiger partial charge in [-0.2, -0.15) is 0 Å². The van der Waals surface area contributed by atoms with Crippen LogP contribution in [0.15, 0.2) is 41.3 Å². The molecular weight excluding hydrogens is 266 g/mol. The average molecular weight is 280 g/mol. The highest BCUT2D eigenvalue weighted by atomic mass is 35.5. The number of aryl methyl sites for hydroxylation is 1. The van der Waals surface area contributed by atoms with Crippen LogP contribution in [0.2, 0.25) is 5.02 Å². The van der Waals surface area contributed by atoms with E-state index in [1.54, 1.807) is 23.9 Å². The van der Waals surface area contributed by atoms with Gasteiger partial charge >= 0.3 is 0 Å². The molecule has 1 aromatic heterocycles. The average Bonchev–Trinajstić information content (AvgIpc) is 2.38. The third-order valence-electron chi connectivity index (χ3n) is 2.43. The van der Waals surface area contributed by atoms with Gasteiger partial charge in [-0.05, 0) is 31.2 Å². The Morgan fingerprint density at radius 1 is 1.33 bits per heavy atom. The van der Waals surface area contributed by atoms with Crippen molar-refractivity contribution < 1.29 is 0 Å². The molecule has 1 heterocycles. The lowest BCUT2D eigenvalue weighted by atomic mass is 10.2. The molecule has 1 aromatic carbocycles. The largest absolute Gasteiger partial charge is 0.308 e. The molecule has 0 spiro atoms. The molecule has 0 aliphatic heterocycles. The maximum Gasteiger partial charge on any atom is 0.140 e. The predicted molar refractivity (Wildman–Crippen MR) is 77.8 cm³/mol. The highest BCUT2D eigenvalue weighted by molar-refractivity contribution is 7.98. The van der Waals surface area contributed by atoms with Gasteiger partial charge in [0, 0.05) is 10.6 Å². The lowest BCUT2D eigenvalue weighted by Gasteiger charge is -2.06. The minimum Gasteiger partial charge on any atom is -0.308 e. The van der Waals surface area contributed by atoms with Gasteiger partial charge in [-0.25, -0.2) is 10.8 Å². The summed E-state index contributed by atoms with van der Waals surface area (Å²) in [5.74, 6) is 6.68. The van der Waals surface area contributed by atoms with Crippen LogP contribution in [-0.4, -0.2) is 4.98 Å². The number of aromatic nitrogens is 1. The Labute approximate surface area is 116 Å². The molecule has 0 aliphatic carbocycles. The Balaban J connectivity index is 2.10. The van der Waals surface area contributed by atoms with Crippen molar-refractivity contribution in [3.63, 3.8) is 0 Å². The quantitative estimate of drug-likeness (QED) is 0.510. The van der Waals surface area contributed by atoms with Gasteiger partial charge in [0.25, 0.3) is 0 Å². The van der Waals surface area contributed by atoms with Crippen LogP contribution in [0.5, 0.6) is 0 Å². The molecule has 0 atom stereocenters. The first-order valence-electron chi connectivity index (χ1n) is 5.50. The van der Waals surface area contributed by atoms with E-state index in [1.165, 1.54) is 10.5 Å². The summed E-state index contributed by atoms with van der Waals surface area (Å²) in [6, 6.07) is 11.9. The summed E-state index contributed by atoms with van der Waals surface area (Å²) in [6.45, 7) is 2.08. The van der Waals surface area contributed by atoms with Crippen LogP contribution >= 0.6 is 23.4 Å². The zero-order chi connectivity index (χ0) is 13.0. The molecule has 0 aliphatic rings. The Kier molecular flexibility index (Phi) is 4.47. The summed E-state index contributed by atoms with van der Waals surface area (Å²) < 4.78 is 0. The molecule has 0 fully saturated rings. The fourth-order valence-electron chi connectivity index (χ4n) is 1.52. The Morgan fingerprint density at radius 2 is 2.17 bits per heavy atom. The van der Waals surface area contributed by atoms with E-state index in [-0.39, 0.29) is 0 Å². The fourth-order valence-corrected chi connectivity index (χ4v) is 2.74. The number of hydrazine groups is 1. The van der Waals surface area contributed by atoms with Crippen molar-refractivity contribution in [3.05, 3.63) is 52.7 Å². The molecule has 0 radical (unpaired) electrons. The van der Waals surface area contributed by atoms with Gasteiger partial charge in [-0.1, -0.05) is 29.3 Å². The van der Waals surface area contributed by atoms with E-state index < -0.39 is 0 Å². The number of nitrogens with zero attached hydrogens (tertiary/aromatic N) is 1. The van der Waals surface area contributed by atoms with Crippen LogP contribution in [0.1, 0.15) is 11.3 Å². The molecule has 2 aromatic rings. The normalized spacial score (nSPS) is 10.4. The number of thioether (sulfide) groups is 1. The van der Waals surface area contributed by atoms with Crippen LogP contribution in [-0.2, 0) is 5.75 Å². The number of nitrogens with two attached hydrogens (primary N) is 1. The number of halogens is 1. The molecule has 0 unspecified atom stereocenters. The van der Waals surface area contributed by atoms with Gasteiger partial charge < -0.3 is 5.43 Å². The van der Waals surface area contributed by atoms with Gasteiger partial charge in [0.2, 0.25) is 0 Å². The van der Waals surface area contributed by atoms with Gasteiger partial charge in [0.1, 0.15) is 5.82 Å². The van der Waals surface area contributed by atoms with Crippen molar-refractivity contribution in [2.24, 2.45) is 5.84 Å². The second kappa shape index (κ2) is 6.09. The summed E-state index contributed by atoms with van der Waals surface area (Å²) in [6.07, 6.45) is 0. The molecule has 0 saturated heterocycles. The second-order valence-electron chi connectivity index (χ2n) is 3.87. The smallest absolute Gasteiger partial charge is 0.140 e. The highest BCUT2D eigenvalue weighted by Crippen LogP contribution is 2.26. The van der Waals surface area contributed by atoms with Gasteiger partial charge in [0.05, 0.1) is 10.7 Å². The molecule has 5 heteroatoms. The van der Waals surface area contributed by atoms with E-state index in [0.29, 0.717) is 10.8 Å². The fraction of sp³-hybridized carbons (Fsp3) is 0.154. The SMILES string of the molecule is Cc1cccc(SCc2nc(NN)ccc2Cl)c1. The molecule has 18 heavy (non-hydrogen) atoms. The van der Waals surface area contributed by atoms with Gasteiger partial charge in [-0.3, -0.25) is 0 Å². The standard InChI is InChI=1S/C13H14ClN3S/c1-9-3-2-4-10(7-9)18-8-12-11(14)5-6-13(16-12)17-15/h2-7H,8,15H2,1H3,(H,16,17). The molecule has 94 valence electrons. The summed E-state index contributed by atoms with van der Waals surface area (Å²) in [5.41, 5.74) is 4.60. The third kappa shape index (κ3) is 3.38. The van der Waals surface area contributed by atoms with E-state index in [9.17, 15) is 0 Å². The first-order valence-corrected chi connectivity index (χ1v) is 6.87.